The number of nitrogens with two attached hydrogens (primary N) is 1. The molecule has 0 saturated heterocycles. The lowest BCUT2D eigenvalue weighted by Gasteiger charge is -2.25. The smallest absolute Gasteiger partial charge is 0.242 e. The first kappa shape index (κ1) is 17.3. The highest BCUT2D eigenvalue weighted by atomic mass is 35.5. The number of halogens is 1. The van der Waals surface area contributed by atoms with Gasteiger partial charge in [-0.15, -0.1) is 0 Å². The van der Waals surface area contributed by atoms with Crippen LogP contribution in [0.25, 0.3) is 0 Å². The summed E-state index contributed by atoms with van der Waals surface area (Å²) in [6.45, 7) is 8.77. The van der Waals surface area contributed by atoms with E-state index in [4.69, 9.17) is 17.3 Å². The van der Waals surface area contributed by atoms with Crippen molar-refractivity contribution >= 4 is 27.3 Å². The molecule has 114 valence electrons. The summed E-state index contributed by atoms with van der Waals surface area (Å²) in [5, 5.41) is 0.142. The summed E-state index contributed by atoms with van der Waals surface area (Å²) in [6, 6.07) is 4.40. The van der Waals surface area contributed by atoms with Gasteiger partial charge in [-0.2, -0.15) is 0 Å². The first-order chi connectivity index (χ1) is 9.15. The summed E-state index contributed by atoms with van der Waals surface area (Å²) < 4.78 is 27.2. The largest absolute Gasteiger partial charge is 0.399 e. The molecule has 0 aromatic heterocycles. The second-order valence-electron chi connectivity index (χ2n) is 5.69. The Morgan fingerprint density at radius 1 is 1.20 bits per heavy atom. The third kappa shape index (κ3) is 4.36. The highest BCUT2D eigenvalue weighted by molar-refractivity contribution is 7.89. The fourth-order valence-electron chi connectivity index (χ4n) is 2.26. The van der Waals surface area contributed by atoms with E-state index in [0.717, 1.165) is 0 Å². The predicted molar refractivity (Wildman–Crippen MR) is 84.2 cm³/mol. The molecule has 1 aromatic carbocycles. The Morgan fingerprint density at radius 2 is 1.75 bits per heavy atom. The number of hydrogen-bond donors (Lipinski definition) is 2. The number of benzene rings is 1. The molecular formula is C14H23ClN2O2S. The van der Waals surface area contributed by atoms with Gasteiger partial charge in [-0.3, -0.25) is 0 Å². The number of sulfonamides is 1. The maximum absolute atomic E-state index is 12.3. The van der Waals surface area contributed by atoms with E-state index in [9.17, 15) is 8.42 Å². The second kappa shape index (κ2) is 6.78. The standard InChI is InChI=1S/C14H23ClN2O2S/c1-9(2)12(10(3)4)8-17-20(18,19)14-6-5-11(16)7-13(14)15/h5-7,9-10,12,17H,8,16H2,1-4H3. The van der Waals surface area contributed by atoms with Gasteiger partial charge in [-0.1, -0.05) is 39.3 Å². The fourth-order valence-corrected chi connectivity index (χ4v) is 3.88. The van der Waals surface area contributed by atoms with Crippen LogP contribution in [0.2, 0.25) is 5.02 Å². The molecule has 0 amide bonds. The zero-order chi connectivity index (χ0) is 15.5. The van der Waals surface area contributed by atoms with Crippen molar-refractivity contribution in [3.8, 4) is 0 Å². The van der Waals surface area contributed by atoms with Crippen LogP contribution in [-0.2, 0) is 10.0 Å². The SMILES string of the molecule is CC(C)C(CNS(=O)(=O)c1ccc(N)cc1Cl)C(C)C. The van der Waals surface area contributed by atoms with Crippen molar-refractivity contribution in [2.75, 3.05) is 12.3 Å². The summed E-state index contributed by atoms with van der Waals surface area (Å²) in [5.74, 6) is 1.08. The van der Waals surface area contributed by atoms with Crippen LogP contribution in [0.4, 0.5) is 5.69 Å². The van der Waals surface area contributed by atoms with Crippen LogP contribution < -0.4 is 10.5 Å². The molecule has 0 saturated carbocycles. The van der Waals surface area contributed by atoms with Gasteiger partial charge in [-0.05, 0) is 36.0 Å². The Bertz CT molecular complexity index is 548. The summed E-state index contributed by atoms with van der Waals surface area (Å²) in [5.41, 5.74) is 6.01. The molecular weight excluding hydrogens is 296 g/mol. The quantitative estimate of drug-likeness (QED) is 0.791. The third-order valence-corrected chi connectivity index (χ3v) is 5.37. The van der Waals surface area contributed by atoms with Crippen molar-refractivity contribution in [2.45, 2.75) is 32.6 Å². The average molecular weight is 319 g/mol. The molecule has 0 atom stereocenters. The van der Waals surface area contributed by atoms with Crippen molar-refractivity contribution in [2.24, 2.45) is 17.8 Å². The van der Waals surface area contributed by atoms with Gasteiger partial charge >= 0.3 is 0 Å². The van der Waals surface area contributed by atoms with Crippen molar-refractivity contribution in [1.29, 1.82) is 0 Å². The van der Waals surface area contributed by atoms with E-state index in [1.807, 2.05) is 0 Å². The molecule has 3 N–H and O–H groups in total. The second-order valence-corrected chi connectivity index (χ2v) is 7.84. The number of anilines is 1. The molecule has 1 rings (SSSR count). The highest BCUT2D eigenvalue weighted by Crippen LogP contribution is 2.25. The highest BCUT2D eigenvalue weighted by Gasteiger charge is 2.23. The van der Waals surface area contributed by atoms with E-state index < -0.39 is 10.0 Å². The van der Waals surface area contributed by atoms with Gasteiger partial charge in [-0.25, -0.2) is 13.1 Å². The van der Waals surface area contributed by atoms with E-state index in [1.54, 1.807) is 0 Å². The third-order valence-electron chi connectivity index (χ3n) is 3.47. The van der Waals surface area contributed by atoms with E-state index in [1.165, 1.54) is 18.2 Å². The summed E-state index contributed by atoms with van der Waals surface area (Å²) in [6.07, 6.45) is 0. The van der Waals surface area contributed by atoms with Gasteiger partial charge in [0.05, 0.1) is 5.02 Å². The molecule has 20 heavy (non-hydrogen) atoms. The zero-order valence-corrected chi connectivity index (χ0v) is 13.9. The fraction of sp³-hybridized carbons (Fsp3) is 0.571. The lowest BCUT2D eigenvalue weighted by Crippen LogP contribution is -2.34. The molecule has 6 heteroatoms. The van der Waals surface area contributed by atoms with Crippen LogP contribution in [0.5, 0.6) is 0 Å². The van der Waals surface area contributed by atoms with Crippen LogP contribution in [0.1, 0.15) is 27.7 Å². The zero-order valence-electron chi connectivity index (χ0n) is 12.4. The van der Waals surface area contributed by atoms with Crippen LogP contribution in [0, 0.1) is 17.8 Å². The van der Waals surface area contributed by atoms with Crippen molar-refractivity contribution < 1.29 is 8.42 Å². The molecule has 0 bridgehead atoms. The Balaban J connectivity index is 2.90. The Labute approximate surface area is 126 Å². The topological polar surface area (TPSA) is 72.2 Å². The number of hydrogen-bond acceptors (Lipinski definition) is 3. The monoisotopic (exact) mass is 318 g/mol. The molecule has 0 heterocycles. The van der Waals surface area contributed by atoms with Crippen molar-refractivity contribution in [1.82, 2.24) is 4.72 Å². The summed E-state index contributed by atoms with van der Waals surface area (Å²) in [4.78, 5) is 0.0691. The van der Waals surface area contributed by atoms with E-state index in [0.29, 0.717) is 24.1 Å². The van der Waals surface area contributed by atoms with Crippen LogP contribution in [0.3, 0.4) is 0 Å². The lowest BCUT2D eigenvalue weighted by atomic mass is 9.86. The Hall–Kier alpha value is -0.780. The van der Waals surface area contributed by atoms with Gasteiger partial charge in [0.25, 0.3) is 0 Å². The normalized spacial score (nSPS) is 12.6. The van der Waals surface area contributed by atoms with Crippen LogP contribution in [0.15, 0.2) is 23.1 Å². The predicted octanol–water partition coefficient (Wildman–Crippen LogP) is 3.13. The first-order valence-corrected chi connectivity index (χ1v) is 8.56. The minimum atomic E-state index is -3.61. The van der Waals surface area contributed by atoms with Gasteiger partial charge in [0, 0.05) is 12.2 Å². The maximum atomic E-state index is 12.3. The molecule has 0 aliphatic rings. The number of nitrogen functional groups attached to an aromatic ring is 1. The maximum Gasteiger partial charge on any atom is 0.242 e. The molecule has 0 aliphatic heterocycles. The molecule has 0 aliphatic carbocycles. The minimum absolute atomic E-state index is 0.0691. The number of nitrogens with one attached hydrogen (secondary N) is 1. The molecule has 0 fully saturated rings. The van der Waals surface area contributed by atoms with Gasteiger partial charge in [0.1, 0.15) is 4.90 Å². The van der Waals surface area contributed by atoms with Crippen molar-refractivity contribution in [3.05, 3.63) is 23.2 Å². The average Bonchev–Trinajstić information content (AvgIpc) is 2.26. The van der Waals surface area contributed by atoms with Gasteiger partial charge in [0.2, 0.25) is 10.0 Å². The number of rotatable bonds is 6. The first-order valence-electron chi connectivity index (χ1n) is 6.70. The minimum Gasteiger partial charge on any atom is -0.399 e. The van der Waals surface area contributed by atoms with Crippen LogP contribution in [-0.4, -0.2) is 15.0 Å². The molecule has 1 aromatic rings. The van der Waals surface area contributed by atoms with E-state index in [-0.39, 0.29) is 15.8 Å². The Morgan fingerprint density at radius 3 is 2.20 bits per heavy atom. The molecule has 0 spiro atoms. The lowest BCUT2D eigenvalue weighted by molar-refractivity contribution is 0.289. The molecule has 4 nitrogen and oxygen atoms in total. The molecule has 0 radical (unpaired) electrons. The van der Waals surface area contributed by atoms with E-state index in [2.05, 4.69) is 32.4 Å². The summed E-state index contributed by atoms with van der Waals surface area (Å²) in [7, 11) is -3.61. The van der Waals surface area contributed by atoms with Crippen LogP contribution >= 0.6 is 11.6 Å². The van der Waals surface area contributed by atoms with Gasteiger partial charge in [0.15, 0.2) is 0 Å². The van der Waals surface area contributed by atoms with E-state index >= 15 is 0 Å². The molecule has 0 unspecified atom stereocenters. The van der Waals surface area contributed by atoms with Crippen molar-refractivity contribution in [3.63, 3.8) is 0 Å². The Kier molecular flexibility index (Phi) is 5.86. The van der Waals surface area contributed by atoms with Gasteiger partial charge < -0.3 is 5.73 Å². The summed E-state index contributed by atoms with van der Waals surface area (Å²) >= 11 is 5.96.